The smallest absolute Gasteiger partial charge is 0.410 e. The first-order valence-corrected chi connectivity index (χ1v) is 6.67. The number of hydrogen-bond acceptors (Lipinski definition) is 3. The molecule has 1 atom stereocenters. The number of carbonyl (C=O) groups excluding carboxylic acids is 1. The second-order valence-corrected chi connectivity index (χ2v) is 6.06. The summed E-state index contributed by atoms with van der Waals surface area (Å²) in [6, 6.07) is -0.432. The molecule has 0 saturated carbocycles. The summed E-state index contributed by atoms with van der Waals surface area (Å²) in [5.41, 5.74) is -0.599. The van der Waals surface area contributed by atoms with Gasteiger partial charge in [-0.25, -0.2) is 13.6 Å². The number of amides is 1. The summed E-state index contributed by atoms with van der Waals surface area (Å²) in [6.45, 7) is 5.43. The minimum atomic E-state index is -2.80. The van der Waals surface area contributed by atoms with Crippen LogP contribution >= 0.6 is 0 Å². The summed E-state index contributed by atoms with van der Waals surface area (Å²) in [4.78, 5) is 13.4. The van der Waals surface area contributed by atoms with Crippen LogP contribution in [0.15, 0.2) is 0 Å². The summed E-state index contributed by atoms with van der Waals surface area (Å²) >= 11 is 0. The quantitative estimate of drug-likeness (QED) is 0.859. The predicted octanol–water partition coefficient (Wildman–Crippen LogP) is 2.63. The molecular weight excluding hydrogens is 254 g/mol. The number of carbonyl (C=O) groups is 1. The summed E-state index contributed by atoms with van der Waals surface area (Å²) in [5, 5.41) is 2.48. The van der Waals surface area contributed by atoms with E-state index in [2.05, 4.69) is 5.32 Å². The molecule has 4 nitrogen and oxygen atoms in total. The molecule has 112 valence electrons. The Kier molecular flexibility index (Phi) is 5.12. The summed E-state index contributed by atoms with van der Waals surface area (Å²) in [7, 11) is 1.49. The van der Waals surface area contributed by atoms with Crippen LogP contribution in [0.4, 0.5) is 13.6 Å². The van der Waals surface area contributed by atoms with Gasteiger partial charge in [-0.05, 0) is 40.7 Å². The van der Waals surface area contributed by atoms with Crippen molar-refractivity contribution in [2.24, 2.45) is 0 Å². The summed E-state index contributed by atoms with van der Waals surface area (Å²) in [5.74, 6) is -2.80. The van der Waals surface area contributed by atoms with Gasteiger partial charge in [0.1, 0.15) is 5.60 Å². The van der Waals surface area contributed by atoms with Crippen LogP contribution < -0.4 is 5.32 Å². The second-order valence-electron chi connectivity index (χ2n) is 6.06. The van der Waals surface area contributed by atoms with Crippen molar-refractivity contribution < 1.29 is 18.3 Å². The predicted molar refractivity (Wildman–Crippen MR) is 69.5 cm³/mol. The number of halogens is 2. The molecule has 0 spiro atoms. The highest BCUT2D eigenvalue weighted by Crippen LogP contribution is 2.29. The second kappa shape index (κ2) is 6.03. The van der Waals surface area contributed by atoms with Gasteiger partial charge in [0.25, 0.3) is 5.92 Å². The molecule has 1 amide bonds. The maximum absolute atomic E-state index is 13.6. The first kappa shape index (κ1) is 16.1. The SMILES string of the molecule is CNCC(F)(F)CC1CCCN1C(=O)OC(C)(C)C. The average Bonchev–Trinajstić information content (AvgIpc) is 2.61. The Morgan fingerprint density at radius 1 is 1.42 bits per heavy atom. The number of likely N-dealkylation sites (tertiary alicyclic amines) is 1. The van der Waals surface area contributed by atoms with E-state index in [9.17, 15) is 13.6 Å². The number of nitrogens with one attached hydrogen (secondary N) is 1. The van der Waals surface area contributed by atoms with Gasteiger partial charge in [0, 0.05) is 19.0 Å². The molecule has 1 N–H and O–H groups in total. The molecule has 0 radical (unpaired) electrons. The van der Waals surface area contributed by atoms with Gasteiger partial charge in [-0.3, -0.25) is 0 Å². The molecule has 1 unspecified atom stereocenters. The molecule has 1 aliphatic heterocycles. The fraction of sp³-hybridized carbons (Fsp3) is 0.923. The van der Waals surface area contributed by atoms with E-state index in [1.54, 1.807) is 20.8 Å². The van der Waals surface area contributed by atoms with E-state index in [1.165, 1.54) is 11.9 Å². The minimum Gasteiger partial charge on any atom is -0.444 e. The highest BCUT2D eigenvalue weighted by Gasteiger charge is 2.39. The number of hydrogen-bond donors (Lipinski definition) is 1. The van der Waals surface area contributed by atoms with Crippen LogP contribution in [0.1, 0.15) is 40.0 Å². The zero-order valence-electron chi connectivity index (χ0n) is 12.1. The Morgan fingerprint density at radius 3 is 2.58 bits per heavy atom. The van der Waals surface area contributed by atoms with Crippen LogP contribution in [0.5, 0.6) is 0 Å². The van der Waals surface area contributed by atoms with Gasteiger partial charge in [-0.15, -0.1) is 0 Å². The number of nitrogens with zero attached hydrogens (tertiary/aromatic N) is 1. The maximum atomic E-state index is 13.6. The van der Waals surface area contributed by atoms with Crippen molar-refractivity contribution in [3.63, 3.8) is 0 Å². The molecule has 1 saturated heterocycles. The molecule has 1 aliphatic rings. The number of alkyl halides is 2. The normalized spacial score (nSPS) is 20.7. The molecule has 1 rings (SSSR count). The summed E-state index contributed by atoms with van der Waals surface area (Å²) in [6.07, 6.45) is 0.556. The van der Waals surface area contributed by atoms with Crippen LogP contribution in [-0.2, 0) is 4.74 Å². The average molecular weight is 278 g/mol. The zero-order valence-corrected chi connectivity index (χ0v) is 12.1. The zero-order chi connectivity index (χ0) is 14.7. The van der Waals surface area contributed by atoms with E-state index >= 15 is 0 Å². The van der Waals surface area contributed by atoms with Crippen molar-refractivity contribution in [3.8, 4) is 0 Å². The lowest BCUT2D eigenvalue weighted by molar-refractivity contribution is -0.0298. The fourth-order valence-corrected chi connectivity index (χ4v) is 2.28. The Labute approximate surface area is 113 Å². The third kappa shape index (κ3) is 5.30. The van der Waals surface area contributed by atoms with Gasteiger partial charge in [-0.2, -0.15) is 0 Å². The third-order valence-corrected chi connectivity index (χ3v) is 2.97. The van der Waals surface area contributed by atoms with Gasteiger partial charge in [-0.1, -0.05) is 0 Å². The summed E-state index contributed by atoms with van der Waals surface area (Å²) < 4.78 is 32.5. The van der Waals surface area contributed by atoms with Gasteiger partial charge < -0.3 is 15.0 Å². The topological polar surface area (TPSA) is 41.6 Å². The molecular formula is C13H24F2N2O2. The molecule has 0 aromatic rings. The van der Waals surface area contributed by atoms with E-state index in [1.807, 2.05) is 0 Å². The molecule has 0 aliphatic carbocycles. The van der Waals surface area contributed by atoms with E-state index in [-0.39, 0.29) is 13.0 Å². The number of ether oxygens (including phenoxy) is 1. The van der Waals surface area contributed by atoms with Gasteiger partial charge in [0.2, 0.25) is 0 Å². The Hall–Kier alpha value is -0.910. The van der Waals surface area contributed by atoms with Crippen molar-refractivity contribution in [1.82, 2.24) is 10.2 Å². The standard InChI is InChI=1S/C13H24F2N2O2/c1-12(2,3)19-11(18)17-7-5-6-10(17)8-13(14,15)9-16-4/h10,16H,5-9H2,1-4H3. The monoisotopic (exact) mass is 278 g/mol. The van der Waals surface area contributed by atoms with Crippen LogP contribution in [0.2, 0.25) is 0 Å². The molecule has 19 heavy (non-hydrogen) atoms. The molecule has 0 aromatic heterocycles. The molecule has 1 heterocycles. The van der Waals surface area contributed by atoms with Crippen molar-refractivity contribution in [2.45, 2.75) is 57.6 Å². The lowest BCUT2D eigenvalue weighted by atomic mass is 10.1. The minimum absolute atomic E-state index is 0.312. The highest BCUT2D eigenvalue weighted by molar-refractivity contribution is 5.68. The van der Waals surface area contributed by atoms with Crippen LogP contribution in [0, 0.1) is 0 Å². The Balaban J connectivity index is 2.61. The van der Waals surface area contributed by atoms with Gasteiger partial charge in [0.15, 0.2) is 0 Å². The van der Waals surface area contributed by atoms with Crippen molar-refractivity contribution in [2.75, 3.05) is 20.1 Å². The molecule has 0 aromatic carbocycles. The molecule has 1 fully saturated rings. The van der Waals surface area contributed by atoms with Gasteiger partial charge in [0.05, 0.1) is 6.54 Å². The fourth-order valence-electron chi connectivity index (χ4n) is 2.28. The van der Waals surface area contributed by atoms with Gasteiger partial charge >= 0.3 is 6.09 Å². The molecule has 6 heteroatoms. The van der Waals surface area contributed by atoms with E-state index in [0.717, 1.165) is 6.42 Å². The molecule has 0 bridgehead atoms. The van der Waals surface area contributed by atoms with Crippen molar-refractivity contribution >= 4 is 6.09 Å². The largest absolute Gasteiger partial charge is 0.444 e. The first-order chi connectivity index (χ1) is 8.64. The lowest BCUT2D eigenvalue weighted by Crippen LogP contribution is -2.44. The van der Waals surface area contributed by atoms with Crippen LogP contribution in [-0.4, -0.2) is 48.7 Å². The van der Waals surface area contributed by atoms with E-state index in [0.29, 0.717) is 13.0 Å². The lowest BCUT2D eigenvalue weighted by Gasteiger charge is -2.30. The highest BCUT2D eigenvalue weighted by atomic mass is 19.3. The Bertz CT molecular complexity index is 316. The van der Waals surface area contributed by atoms with E-state index in [4.69, 9.17) is 4.74 Å². The van der Waals surface area contributed by atoms with Crippen molar-refractivity contribution in [1.29, 1.82) is 0 Å². The first-order valence-electron chi connectivity index (χ1n) is 6.67. The van der Waals surface area contributed by atoms with Crippen molar-refractivity contribution in [3.05, 3.63) is 0 Å². The van der Waals surface area contributed by atoms with E-state index < -0.39 is 23.7 Å². The van der Waals surface area contributed by atoms with Crippen LogP contribution in [0.25, 0.3) is 0 Å². The third-order valence-electron chi connectivity index (χ3n) is 2.97. The van der Waals surface area contributed by atoms with Crippen LogP contribution in [0.3, 0.4) is 0 Å². The Morgan fingerprint density at radius 2 is 2.05 bits per heavy atom. The number of rotatable bonds is 4. The maximum Gasteiger partial charge on any atom is 0.410 e.